The highest BCUT2D eigenvalue weighted by molar-refractivity contribution is 7.94. The Morgan fingerprint density at radius 3 is 2.48 bits per heavy atom. The van der Waals surface area contributed by atoms with Crippen molar-refractivity contribution in [3.05, 3.63) is 77.7 Å². The number of thiophene rings is 1. The molecule has 1 amide bonds. The van der Waals surface area contributed by atoms with Crippen molar-refractivity contribution < 1.29 is 22.7 Å². The fourth-order valence-corrected chi connectivity index (χ4v) is 6.04. The van der Waals surface area contributed by atoms with Gasteiger partial charge in [-0.25, -0.2) is 8.42 Å². The minimum absolute atomic E-state index is 0.0759. The van der Waals surface area contributed by atoms with Gasteiger partial charge in [-0.3, -0.25) is 9.10 Å². The first-order valence-electron chi connectivity index (χ1n) is 10.6. The summed E-state index contributed by atoms with van der Waals surface area (Å²) in [5.74, 6) is 0.377. The number of carbonyl (C=O) groups is 1. The maximum Gasteiger partial charge on any atom is 0.273 e. The average molecular weight is 487 g/mol. The van der Waals surface area contributed by atoms with E-state index in [9.17, 15) is 13.2 Å². The average Bonchev–Trinajstić information content (AvgIpc) is 3.38. The number of carbonyl (C=O) groups excluding carboxylic acids is 1. The van der Waals surface area contributed by atoms with Crippen molar-refractivity contribution in [2.45, 2.75) is 23.3 Å². The Bertz CT molecular complexity index is 1170. The van der Waals surface area contributed by atoms with E-state index >= 15 is 0 Å². The topological polar surface area (TPSA) is 76.2 Å². The van der Waals surface area contributed by atoms with Crippen molar-refractivity contribution in [1.29, 1.82) is 0 Å². The maximum absolute atomic E-state index is 12.8. The number of benzene rings is 2. The molecule has 1 aliphatic heterocycles. The molecule has 0 radical (unpaired) electrons. The molecule has 7 nitrogen and oxygen atoms in total. The monoisotopic (exact) mass is 486 g/mol. The molecule has 0 aliphatic carbocycles. The molecule has 0 bridgehead atoms. The summed E-state index contributed by atoms with van der Waals surface area (Å²) in [6.07, 6.45) is -0.243. The van der Waals surface area contributed by atoms with E-state index in [2.05, 4.69) is 0 Å². The van der Waals surface area contributed by atoms with Crippen LogP contribution in [0.15, 0.2) is 76.3 Å². The number of amides is 1. The number of ether oxygens (including phenoxy) is 2. The maximum atomic E-state index is 12.8. The van der Waals surface area contributed by atoms with Crippen LogP contribution in [0.2, 0.25) is 0 Å². The van der Waals surface area contributed by atoms with Gasteiger partial charge in [-0.15, -0.1) is 11.3 Å². The molecule has 4 rings (SSSR count). The fourth-order valence-electron chi connectivity index (χ4n) is 3.68. The van der Waals surface area contributed by atoms with E-state index in [0.29, 0.717) is 24.5 Å². The Hall–Kier alpha value is -2.88. The van der Waals surface area contributed by atoms with Gasteiger partial charge in [-0.1, -0.05) is 36.4 Å². The first kappa shape index (κ1) is 23.3. The third-order valence-electron chi connectivity index (χ3n) is 5.46. The Labute approximate surface area is 198 Å². The summed E-state index contributed by atoms with van der Waals surface area (Å²) in [4.78, 5) is 14.6. The second kappa shape index (κ2) is 9.94. The minimum atomic E-state index is -3.60. The molecule has 33 heavy (non-hydrogen) atoms. The second-order valence-corrected chi connectivity index (χ2v) is 11.0. The van der Waals surface area contributed by atoms with Gasteiger partial charge >= 0.3 is 0 Å². The van der Waals surface area contributed by atoms with Gasteiger partial charge in [0, 0.05) is 13.6 Å². The number of sulfonamides is 1. The van der Waals surface area contributed by atoms with Crippen LogP contribution in [-0.4, -0.2) is 52.1 Å². The van der Waals surface area contributed by atoms with Crippen LogP contribution in [-0.2, 0) is 19.6 Å². The van der Waals surface area contributed by atoms with Crippen LogP contribution in [0.3, 0.4) is 0 Å². The van der Waals surface area contributed by atoms with Crippen molar-refractivity contribution >= 4 is 33.0 Å². The van der Waals surface area contributed by atoms with Crippen molar-refractivity contribution in [2.75, 3.05) is 31.0 Å². The zero-order valence-corrected chi connectivity index (χ0v) is 20.1. The highest BCUT2D eigenvalue weighted by Gasteiger charge is 2.29. The lowest BCUT2D eigenvalue weighted by molar-refractivity contribution is -0.146. The second-order valence-electron chi connectivity index (χ2n) is 7.83. The van der Waals surface area contributed by atoms with Gasteiger partial charge in [0.2, 0.25) is 0 Å². The first-order chi connectivity index (χ1) is 15.8. The molecule has 174 valence electrons. The van der Waals surface area contributed by atoms with Crippen LogP contribution >= 0.6 is 11.3 Å². The summed E-state index contributed by atoms with van der Waals surface area (Å²) >= 11 is 1.17. The summed E-state index contributed by atoms with van der Waals surface area (Å²) in [6.45, 7) is 2.84. The molecule has 2 atom stereocenters. The van der Waals surface area contributed by atoms with Gasteiger partial charge in [0.25, 0.3) is 15.9 Å². The van der Waals surface area contributed by atoms with Crippen LogP contribution < -0.4 is 9.04 Å². The molecule has 9 heteroatoms. The number of hydrogen-bond acceptors (Lipinski definition) is 6. The molecule has 2 heterocycles. The fraction of sp³-hybridized carbons (Fsp3) is 0.292. The van der Waals surface area contributed by atoms with Gasteiger partial charge in [0.05, 0.1) is 18.3 Å². The standard InChI is InChI=1S/C24H26N2O5S2/c1-18-15-26(16-22(31-18)19-7-4-3-5-8-19)23(27)17-30-21-12-10-20(11-13-21)25(2)33(28,29)24-9-6-14-32-24/h3-14,18,22H,15-17H2,1-2H3. The molecule has 1 aromatic heterocycles. The molecule has 0 saturated carbocycles. The highest BCUT2D eigenvalue weighted by Crippen LogP contribution is 2.27. The van der Waals surface area contributed by atoms with Crippen molar-refractivity contribution in [1.82, 2.24) is 4.90 Å². The molecular formula is C24H26N2O5S2. The van der Waals surface area contributed by atoms with Gasteiger partial charge in [0.15, 0.2) is 6.61 Å². The van der Waals surface area contributed by atoms with E-state index in [1.807, 2.05) is 37.3 Å². The molecule has 1 aliphatic rings. The normalized spacial score (nSPS) is 18.7. The molecule has 1 saturated heterocycles. The molecule has 3 aromatic rings. The Balaban J connectivity index is 1.35. The molecule has 0 N–H and O–H groups in total. The lowest BCUT2D eigenvalue weighted by Gasteiger charge is -2.37. The van der Waals surface area contributed by atoms with Gasteiger partial charge in [-0.2, -0.15) is 0 Å². The summed E-state index contributed by atoms with van der Waals surface area (Å²) in [5.41, 5.74) is 1.55. The highest BCUT2D eigenvalue weighted by atomic mass is 32.2. The third-order valence-corrected chi connectivity index (χ3v) is 8.62. The summed E-state index contributed by atoms with van der Waals surface area (Å²) in [5, 5.41) is 1.73. The van der Waals surface area contributed by atoms with Crippen molar-refractivity contribution in [3.8, 4) is 5.75 Å². The van der Waals surface area contributed by atoms with Gasteiger partial charge in [0.1, 0.15) is 16.1 Å². The summed E-state index contributed by atoms with van der Waals surface area (Å²) in [6, 6.07) is 19.8. The quantitative estimate of drug-likeness (QED) is 0.506. The molecule has 1 fully saturated rings. The predicted molar refractivity (Wildman–Crippen MR) is 128 cm³/mol. The van der Waals surface area contributed by atoms with E-state index in [-0.39, 0.29) is 28.9 Å². The summed E-state index contributed by atoms with van der Waals surface area (Å²) < 4.78 is 38.6. The SMILES string of the molecule is CC1CN(C(=O)COc2ccc(N(C)S(=O)(=O)c3cccs3)cc2)CC(c2ccccc2)O1. The van der Waals surface area contributed by atoms with Gasteiger partial charge in [-0.05, 0) is 48.2 Å². The predicted octanol–water partition coefficient (Wildman–Crippen LogP) is 3.94. The van der Waals surface area contributed by atoms with Gasteiger partial charge < -0.3 is 14.4 Å². The zero-order chi connectivity index (χ0) is 23.4. The number of anilines is 1. The van der Waals surface area contributed by atoms with Crippen LogP contribution in [0.4, 0.5) is 5.69 Å². The molecule has 2 aromatic carbocycles. The van der Waals surface area contributed by atoms with Crippen LogP contribution in [0, 0.1) is 0 Å². The number of nitrogens with zero attached hydrogens (tertiary/aromatic N) is 2. The Morgan fingerprint density at radius 1 is 1.09 bits per heavy atom. The number of morpholine rings is 1. The van der Waals surface area contributed by atoms with Crippen molar-refractivity contribution in [3.63, 3.8) is 0 Å². The lowest BCUT2D eigenvalue weighted by Crippen LogP contribution is -2.47. The Morgan fingerprint density at radius 2 is 1.82 bits per heavy atom. The molecular weight excluding hydrogens is 460 g/mol. The lowest BCUT2D eigenvalue weighted by atomic mass is 10.1. The zero-order valence-electron chi connectivity index (χ0n) is 18.5. The smallest absolute Gasteiger partial charge is 0.273 e. The van der Waals surface area contributed by atoms with Crippen LogP contribution in [0.1, 0.15) is 18.6 Å². The van der Waals surface area contributed by atoms with E-state index in [1.54, 1.807) is 46.7 Å². The van der Waals surface area contributed by atoms with E-state index in [4.69, 9.17) is 9.47 Å². The van der Waals surface area contributed by atoms with Crippen LogP contribution in [0.5, 0.6) is 5.75 Å². The number of hydrogen-bond donors (Lipinski definition) is 0. The van der Waals surface area contributed by atoms with E-state index in [0.717, 1.165) is 5.56 Å². The summed E-state index contributed by atoms with van der Waals surface area (Å²) in [7, 11) is -2.09. The third kappa shape index (κ3) is 5.38. The van der Waals surface area contributed by atoms with Crippen molar-refractivity contribution in [2.24, 2.45) is 0 Å². The van der Waals surface area contributed by atoms with Crippen LogP contribution in [0.25, 0.3) is 0 Å². The number of rotatable bonds is 7. The first-order valence-corrected chi connectivity index (χ1v) is 12.9. The Kier molecular flexibility index (Phi) is 7.02. The van der Waals surface area contributed by atoms with E-state index < -0.39 is 10.0 Å². The largest absolute Gasteiger partial charge is 0.484 e. The molecule has 2 unspecified atom stereocenters. The molecule has 0 spiro atoms. The van der Waals surface area contributed by atoms with E-state index in [1.165, 1.54) is 22.7 Å². The minimum Gasteiger partial charge on any atom is -0.484 e.